The first-order chi connectivity index (χ1) is 10.4. The Labute approximate surface area is 128 Å². The molecule has 3 nitrogen and oxygen atoms in total. The highest BCUT2D eigenvalue weighted by atomic mass is 16.5. The molecule has 2 aliphatic heterocycles. The summed E-state index contributed by atoms with van der Waals surface area (Å²) in [5, 5.41) is 3.56. The molecule has 0 radical (unpaired) electrons. The monoisotopic (exact) mass is 288 g/mol. The summed E-state index contributed by atoms with van der Waals surface area (Å²) in [6, 6.07) is 9.76. The van der Waals surface area contributed by atoms with Crippen LogP contribution in [-0.2, 0) is 11.2 Å². The molecule has 2 fully saturated rings. The van der Waals surface area contributed by atoms with Crippen LogP contribution in [0.1, 0.15) is 36.9 Å². The van der Waals surface area contributed by atoms with Gasteiger partial charge in [-0.05, 0) is 36.3 Å². The molecular weight excluding hydrogens is 260 g/mol. The van der Waals surface area contributed by atoms with E-state index in [1.807, 2.05) is 0 Å². The van der Waals surface area contributed by atoms with Crippen molar-refractivity contribution in [2.24, 2.45) is 5.92 Å². The van der Waals surface area contributed by atoms with Crippen LogP contribution in [-0.4, -0.2) is 44.3 Å². The number of nitrogens with zero attached hydrogens (tertiary/aromatic N) is 1. The molecular formula is C18H28N2O. The summed E-state index contributed by atoms with van der Waals surface area (Å²) < 4.78 is 5.50. The highest BCUT2D eigenvalue weighted by Gasteiger charge is 2.26. The lowest BCUT2D eigenvalue weighted by Crippen LogP contribution is -2.48. The van der Waals surface area contributed by atoms with Crippen molar-refractivity contribution in [1.29, 1.82) is 0 Å². The molecule has 21 heavy (non-hydrogen) atoms. The molecule has 0 aromatic heterocycles. The van der Waals surface area contributed by atoms with Crippen LogP contribution < -0.4 is 5.32 Å². The minimum Gasteiger partial charge on any atom is -0.381 e. The van der Waals surface area contributed by atoms with Gasteiger partial charge in [-0.3, -0.25) is 4.90 Å². The van der Waals surface area contributed by atoms with Crippen molar-refractivity contribution in [3.05, 3.63) is 35.4 Å². The van der Waals surface area contributed by atoms with Crippen molar-refractivity contribution in [3.8, 4) is 0 Å². The van der Waals surface area contributed by atoms with E-state index in [9.17, 15) is 0 Å². The Morgan fingerprint density at radius 1 is 1.19 bits per heavy atom. The van der Waals surface area contributed by atoms with Gasteiger partial charge < -0.3 is 10.1 Å². The fourth-order valence-electron chi connectivity index (χ4n) is 3.53. The quantitative estimate of drug-likeness (QED) is 0.922. The largest absolute Gasteiger partial charge is 0.381 e. The number of rotatable bonds is 4. The molecule has 0 saturated carbocycles. The number of ether oxygens (including phenoxy) is 1. The van der Waals surface area contributed by atoms with E-state index in [0.29, 0.717) is 6.04 Å². The average Bonchev–Trinajstić information content (AvgIpc) is 2.56. The number of nitrogens with one attached hydrogen (secondary N) is 1. The average molecular weight is 288 g/mol. The van der Waals surface area contributed by atoms with Gasteiger partial charge in [0, 0.05) is 45.4 Å². The van der Waals surface area contributed by atoms with Crippen molar-refractivity contribution in [1.82, 2.24) is 10.2 Å². The van der Waals surface area contributed by atoms with Crippen molar-refractivity contribution in [2.75, 3.05) is 39.4 Å². The van der Waals surface area contributed by atoms with E-state index >= 15 is 0 Å². The second kappa shape index (κ2) is 7.39. The maximum absolute atomic E-state index is 5.50. The third kappa shape index (κ3) is 3.85. The SMILES string of the molecule is CCc1ccc(C2CNCCN2CC2CCOCC2)cc1. The van der Waals surface area contributed by atoms with Crippen LogP contribution in [0, 0.1) is 5.92 Å². The number of piperazine rings is 1. The molecule has 3 heteroatoms. The molecule has 2 aliphatic rings. The van der Waals surface area contributed by atoms with E-state index in [1.165, 1.54) is 30.5 Å². The normalized spacial score (nSPS) is 25.1. The first-order valence-electron chi connectivity index (χ1n) is 8.48. The number of benzene rings is 1. The molecule has 2 heterocycles. The summed E-state index contributed by atoms with van der Waals surface area (Å²) in [7, 11) is 0. The smallest absolute Gasteiger partial charge is 0.0473 e. The number of aryl methyl sites for hydroxylation is 1. The number of hydrogen-bond acceptors (Lipinski definition) is 3. The first-order valence-corrected chi connectivity index (χ1v) is 8.48. The minimum absolute atomic E-state index is 0.535. The lowest BCUT2D eigenvalue weighted by molar-refractivity contribution is 0.0408. The van der Waals surface area contributed by atoms with Gasteiger partial charge in [0.05, 0.1) is 0 Å². The van der Waals surface area contributed by atoms with Gasteiger partial charge in [0.1, 0.15) is 0 Å². The van der Waals surface area contributed by atoms with Crippen molar-refractivity contribution in [2.45, 2.75) is 32.2 Å². The Kier molecular flexibility index (Phi) is 5.28. The van der Waals surface area contributed by atoms with Crippen molar-refractivity contribution < 1.29 is 4.74 Å². The molecule has 3 rings (SSSR count). The molecule has 0 spiro atoms. The molecule has 0 aliphatic carbocycles. The predicted octanol–water partition coefficient (Wildman–Crippen LogP) is 2.62. The van der Waals surface area contributed by atoms with Gasteiger partial charge in [-0.2, -0.15) is 0 Å². The molecule has 1 aromatic rings. The summed E-state index contributed by atoms with van der Waals surface area (Å²) in [5.41, 5.74) is 2.89. The van der Waals surface area contributed by atoms with Crippen molar-refractivity contribution >= 4 is 0 Å². The molecule has 0 amide bonds. The maximum Gasteiger partial charge on any atom is 0.0473 e. The van der Waals surface area contributed by atoms with Crippen molar-refractivity contribution in [3.63, 3.8) is 0 Å². The second-order valence-electron chi connectivity index (χ2n) is 6.37. The molecule has 0 bridgehead atoms. The topological polar surface area (TPSA) is 24.5 Å². The molecule has 1 N–H and O–H groups in total. The van der Waals surface area contributed by atoms with E-state index in [4.69, 9.17) is 4.74 Å². The van der Waals surface area contributed by atoms with E-state index < -0.39 is 0 Å². The van der Waals surface area contributed by atoms with Crippen LogP contribution in [0.15, 0.2) is 24.3 Å². The summed E-state index contributed by atoms with van der Waals surface area (Å²) in [6.07, 6.45) is 3.58. The van der Waals surface area contributed by atoms with Crippen LogP contribution in [0.25, 0.3) is 0 Å². The molecule has 1 atom stereocenters. The van der Waals surface area contributed by atoms with Gasteiger partial charge in [-0.25, -0.2) is 0 Å². The third-order valence-corrected chi connectivity index (χ3v) is 4.96. The van der Waals surface area contributed by atoms with Crippen LogP contribution in [0.4, 0.5) is 0 Å². The zero-order chi connectivity index (χ0) is 14.5. The van der Waals surface area contributed by atoms with Gasteiger partial charge >= 0.3 is 0 Å². The Morgan fingerprint density at radius 2 is 1.95 bits per heavy atom. The fourth-order valence-corrected chi connectivity index (χ4v) is 3.53. The van der Waals surface area contributed by atoms with E-state index in [2.05, 4.69) is 41.4 Å². The Hall–Kier alpha value is -0.900. The molecule has 116 valence electrons. The minimum atomic E-state index is 0.535. The van der Waals surface area contributed by atoms with Crippen LogP contribution >= 0.6 is 0 Å². The number of hydrogen-bond donors (Lipinski definition) is 1. The zero-order valence-corrected chi connectivity index (χ0v) is 13.2. The first kappa shape index (κ1) is 15.0. The standard InChI is InChI=1S/C18H28N2O/c1-2-15-3-5-17(6-4-15)18-13-19-9-10-20(18)14-16-7-11-21-12-8-16/h3-6,16,18-19H,2,7-14H2,1H3. The lowest BCUT2D eigenvalue weighted by atomic mass is 9.96. The highest BCUT2D eigenvalue weighted by Crippen LogP contribution is 2.26. The molecule has 2 saturated heterocycles. The maximum atomic E-state index is 5.50. The van der Waals surface area contributed by atoms with Gasteiger partial charge in [0.2, 0.25) is 0 Å². The highest BCUT2D eigenvalue weighted by molar-refractivity contribution is 5.25. The van der Waals surface area contributed by atoms with E-state index in [1.54, 1.807) is 0 Å². The van der Waals surface area contributed by atoms with Crippen LogP contribution in [0.5, 0.6) is 0 Å². The lowest BCUT2D eigenvalue weighted by Gasteiger charge is -2.39. The summed E-state index contributed by atoms with van der Waals surface area (Å²) in [6.45, 7) is 8.71. The van der Waals surface area contributed by atoms with E-state index in [0.717, 1.165) is 45.2 Å². The Morgan fingerprint density at radius 3 is 2.67 bits per heavy atom. The van der Waals surface area contributed by atoms with Gasteiger partial charge in [0.25, 0.3) is 0 Å². The molecule has 1 aromatic carbocycles. The fraction of sp³-hybridized carbons (Fsp3) is 0.667. The van der Waals surface area contributed by atoms with Crippen LogP contribution in [0.2, 0.25) is 0 Å². The molecule has 1 unspecified atom stereocenters. The summed E-state index contributed by atoms with van der Waals surface area (Å²) in [4.78, 5) is 2.69. The summed E-state index contributed by atoms with van der Waals surface area (Å²) >= 11 is 0. The Bertz CT molecular complexity index is 425. The third-order valence-electron chi connectivity index (χ3n) is 4.96. The van der Waals surface area contributed by atoms with Crippen LogP contribution in [0.3, 0.4) is 0 Å². The zero-order valence-electron chi connectivity index (χ0n) is 13.2. The summed E-state index contributed by atoms with van der Waals surface area (Å²) in [5.74, 6) is 0.814. The van der Waals surface area contributed by atoms with Gasteiger partial charge in [-0.15, -0.1) is 0 Å². The second-order valence-corrected chi connectivity index (χ2v) is 6.37. The van der Waals surface area contributed by atoms with E-state index in [-0.39, 0.29) is 0 Å². The predicted molar refractivity (Wildman–Crippen MR) is 86.5 cm³/mol. The Balaban J connectivity index is 1.67. The van der Waals surface area contributed by atoms with Gasteiger partial charge in [-0.1, -0.05) is 31.2 Å². The van der Waals surface area contributed by atoms with Gasteiger partial charge in [0.15, 0.2) is 0 Å².